The molecule has 0 saturated heterocycles. The Kier molecular flexibility index (Phi) is 13.5. The number of unbranched alkanes of at least 4 members (excludes halogenated alkanes) is 2. The van der Waals surface area contributed by atoms with Crippen molar-refractivity contribution in [2.45, 2.75) is 52.1 Å². The molecule has 0 aliphatic heterocycles. The van der Waals surface area contributed by atoms with Crippen LogP contribution in [-0.4, -0.2) is 50.0 Å². The molecule has 0 aromatic heterocycles. The van der Waals surface area contributed by atoms with Gasteiger partial charge in [0.25, 0.3) is 0 Å². The van der Waals surface area contributed by atoms with Gasteiger partial charge in [-0.05, 0) is 32.1 Å². The van der Waals surface area contributed by atoms with Crippen LogP contribution in [0.1, 0.15) is 46.0 Å². The number of halogens is 1. The summed E-state index contributed by atoms with van der Waals surface area (Å²) in [6.07, 6.45) is 5.63. The molecule has 0 spiro atoms. The topological polar surface area (TPSA) is 65.9 Å². The molecule has 1 rings (SSSR count). The van der Waals surface area contributed by atoms with Crippen molar-refractivity contribution in [1.29, 1.82) is 0 Å². The number of aliphatic imine (C=N–C) groups is 1. The number of ether oxygens (including phenoxy) is 1. The first-order valence-corrected chi connectivity index (χ1v) is 8.04. The maximum absolute atomic E-state index is 9.82. The number of rotatable bonds is 11. The minimum absolute atomic E-state index is 0. The van der Waals surface area contributed by atoms with E-state index in [1.165, 1.54) is 25.7 Å². The third-order valence-corrected chi connectivity index (χ3v) is 3.24. The number of aliphatic hydroxyl groups excluding tert-OH is 1. The van der Waals surface area contributed by atoms with Crippen molar-refractivity contribution in [2.24, 2.45) is 10.9 Å². The summed E-state index contributed by atoms with van der Waals surface area (Å²) < 4.78 is 5.46. The van der Waals surface area contributed by atoms with Gasteiger partial charge in [-0.15, -0.1) is 24.0 Å². The second-order valence-electron chi connectivity index (χ2n) is 5.49. The minimum atomic E-state index is -0.514. The molecule has 1 saturated carbocycles. The van der Waals surface area contributed by atoms with Crippen LogP contribution in [0.4, 0.5) is 0 Å². The van der Waals surface area contributed by atoms with Gasteiger partial charge in [-0.3, -0.25) is 4.99 Å². The first-order valence-electron chi connectivity index (χ1n) is 8.04. The summed E-state index contributed by atoms with van der Waals surface area (Å²) >= 11 is 0. The SMILES string of the molecule is CCCCCNC(=NCC(O)COCC1CC1)NCC.I. The standard InChI is InChI=1S/C15H31N3O2.HI/c1-3-5-6-9-17-15(16-4-2)18-10-14(19)12-20-11-13-7-8-13;/h13-14,19H,3-12H2,1-2H3,(H2,16,17,18);1H. The quantitative estimate of drug-likeness (QED) is 0.210. The lowest BCUT2D eigenvalue weighted by molar-refractivity contribution is 0.0368. The van der Waals surface area contributed by atoms with Crippen molar-refractivity contribution in [3.63, 3.8) is 0 Å². The van der Waals surface area contributed by atoms with E-state index in [-0.39, 0.29) is 24.0 Å². The second kappa shape index (κ2) is 13.6. The first kappa shape index (κ1) is 20.9. The highest BCUT2D eigenvalue weighted by molar-refractivity contribution is 14.0. The Balaban J connectivity index is 0.00000400. The molecule has 21 heavy (non-hydrogen) atoms. The van der Waals surface area contributed by atoms with Crippen LogP contribution in [-0.2, 0) is 4.74 Å². The van der Waals surface area contributed by atoms with Gasteiger partial charge < -0.3 is 20.5 Å². The third-order valence-electron chi connectivity index (χ3n) is 3.24. The van der Waals surface area contributed by atoms with Crippen LogP contribution in [0.15, 0.2) is 4.99 Å². The molecule has 1 fully saturated rings. The first-order chi connectivity index (χ1) is 9.76. The fourth-order valence-electron chi connectivity index (χ4n) is 1.83. The predicted molar refractivity (Wildman–Crippen MR) is 98.5 cm³/mol. The van der Waals surface area contributed by atoms with Gasteiger partial charge in [0.2, 0.25) is 0 Å². The zero-order valence-corrected chi connectivity index (χ0v) is 15.8. The van der Waals surface area contributed by atoms with Crippen LogP contribution in [0.3, 0.4) is 0 Å². The fourth-order valence-corrected chi connectivity index (χ4v) is 1.83. The summed E-state index contributed by atoms with van der Waals surface area (Å²) in [5.41, 5.74) is 0. The lowest BCUT2D eigenvalue weighted by atomic mass is 10.2. The maximum Gasteiger partial charge on any atom is 0.191 e. The molecule has 1 atom stereocenters. The number of nitrogens with zero attached hydrogens (tertiary/aromatic N) is 1. The number of hydrogen-bond acceptors (Lipinski definition) is 3. The van der Waals surface area contributed by atoms with Gasteiger partial charge in [0.15, 0.2) is 5.96 Å². The van der Waals surface area contributed by atoms with Crippen LogP contribution >= 0.6 is 24.0 Å². The van der Waals surface area contributed by atoms with Crippen molar-refractivity contribution < 1.29 is 9.84 Å². The summed E-state index contributed by atoms with van der Waals surface area (Å²) in [6, 6.07) is 0. The zero-order chi connectivity index (χ0) is 14.6. The molecular weight excluding hydrogens is 381 g/mol. The van der Waals surface area contributed by atoms with Gasteiger partial charge in [-0.2, -0.15) is 0 Å². The predicted octanol–water partition coefficient (Wildman–Crippen LogP) is 2.14. The molecule has 5 nitrogen and oxygen atoms in total. The van der Waals surface area contributed by atoms with Crippen LogP contribution in [0.25, 0.3) is 0 Å². The molecule has 3 N–H and O–H groups in total. The summed E-state index contributed by atoms with van der Waals surface area (Å²) in [7, 11) is 0. The fraction of sp³-hybridized carbons (Fsp3) is 0.933. The Morgan fingerprint density at radius 3 is 2.67 bits per heavy atom. The number of hydrogen-bond donors (Lipinski definition) is 3. The van der Waals surface area contributed by atoms with Crippen LogP contribution in [0.5, 0.6) is 0 Å². The van der Waals surface area contributed by atoms with E-state index in [1.807, 2.05) is 6.92 Å². The van der Waals surface area contributed by atoms with Gasteiger partial charge in [-0.1, -0.05) is 19.8 Å². The van der Waals surface area contributed by atoms with Crippen molar-refractivity contribution in [1.82, 2.24) is 10.6 Å². The number of nitrogens with one attached hydrogen (secondary N) is 2. The van der Waals surface area contributed by atoms with Crippen LogP contribution < -0.4 is 10.6 Å². The minimum Gasteiger partial charge on any atom is -0.389 e. The van der Waals surface area contributed by atoms with Gasteiger partial charge in [0, 0.05) is 19.7 Å². The van der Waals surface area contributed by atoms with E-state index >= 15 is 0 Å². The summed E-state index contributed by atoms with van der Waals surface area (Å²) in [4.78, 5) is 4.39. The summed E-state index contributed by atoms with van der Waals surface area (Å²) in [6.45, 7) is 7.54. The number of aliphatic hydroxyl groups is 1. The van der Waals surface area contributed by atoms with Crippen molar-refractivity contribution in [3.8, 4) is 0 Å². The van der Waals surface area contributed by atoms with E-state index in [9.17, 15) is 5.11 Å². The average Bonchev–Trinajstić information content (AvgIpc) is 3.25. The Bertz CT molecular complexity index is 274. The molecular formula is C15H32IN3O2. The van der Waals surface area contributed by atoms with Gasteiger partial charge >= 0.3 is 0 Å². The highest BCUT2D eigenvalue weighted by Crippen LogP contribution is 2.28. The van der Waals surface area contributed by atoms with E-state index in [2.05, 4.69) is 22.5 Å². The Labute approximate surface area is 146 Å². The van der Waals surface area contributed by atoms with Crippen molar-refractivity contribution >= 4 is 29.9 Å². The molecule has 6 heteroatoms. The lowest BCUT2D eigenvalue weighted by Gasteiger charge is -2.13. The molecule has 0 aromatic carbocycles. The smallest absolute Gasteiger partial charge is 0.191 e. The van der Waals surface area contributed by atoms with Gasteiger partial charge in [0.1, 0.15) is 0 Å². The largest absolute Gasteiger partial charge is 0.389 e. The van der Waals surface area contributed by atoms with Crippen LogP contribution in [0, 0.1) is 5.92 Å². The molecule has 0 heterocycles. The molecule has 0 radical (unpaired) electrons. The van der Waals surface area contributed by atoms with E-state index in [0.29, 0.717) is 13.2 Å². The summed E-state index contributed by atoms with van der Waals surface area (Å²) in [5, 5.41) is 16.3. The monoisotopic (exact) mass is 413 g/mol. The van der Waals surface area contributed by atoms with Gasteiger partial charge in [0.05, 0.1) is 19.3 Å². The van der Waals surface area contributed by atoms with Gasteiger partial charge in [-0.25, -0.2) is 0 Å². The molecule has 0 amide bonds. The Hall–Kier alpha value is -0.0800. The van der Waals surface area contributed by atoms with E-state index in [1.54, 1.807) is 0 Å². The molecule has 0 bridgehead atoms. The lowest BCUT2D eigenvalue weighted by Crippen LogP contribution is -2.38. The molecule has 126 valence electrons. The molecule has 1 aliphatic carbocycles. The van der Waals surface area contributed by atoms with Crippen LogP contribution in [0.2, 0.25) is 0 Å². The highest BCUT2D eigenvalue weighted by Gasteiger charge is 2.21. The van der Waals surface area contributed by atoms with Crippen molar-refractivity contribution in [2.75, 3.05) is 32.8 Å². The maximum atomic E-state index is 9.82. The van der Waals surface area contributed by atoms with Crippen molar-refractivity contribution in [3.05, 3.63) is 0 Å². The molecule has 1 unspecified atom stereocenters. The Morgan fingerprint density at radius 2 is 2.05 bits per heavy atom. The second-order valence-corrected chi connectivity index (χ2v) is 5.49. The highest BCUT2D eigenvalue weighted by atomic mass is 127. The summed E-state index contributed by atoms with van der Waals surface area (Å²) in [5.74, 6) is 1.52. The van der Waals surface area contributed by atoms with E-state index in [4.69, 9.17) is 4.74 Å². The third kappa shape index (κ3) is 12.2. The Morgan fingerprint density at radius 1 is 1.29 bits per heavy atom. The molecule has 1 aliphatic rings. The van der Waals surface area contributed by atoms with E-state index < -0.39 is 6.10 Å². The average molecular weight is 413 g/mol. The normalized spacial score (nSPS) is 16.2. The zero-order valence-electron chi connectivity index (χ0n) is 13.4. The number of guanidine groups is 1. The molecule has 0 aromatic rings. The van der Waals surface area contributed by atoms with E-state index in [0.717, 1.165) is 38.0 Å².